The van der Waals surface area contributed by atoms with E-state index in [4.69, 9.17) is 9.47 Å². The van der Waals surface area contributed by atoms with Crippen LogP contribution < -0.4 is 4.74 Å². The van der Waals surface area contributed by atoms with Gasteiger partial charge in [-0.25, -0.2) is 4.79 Å². The van der Waals surface area contributed by atoms with E-state index in [-0.39, 0.29) is 5.76 Å². The molecule has 0 aliphatic heterocycles. The third kappa shape index (κ3) is 4.35. The SMILES string of the molecule is CC(=O)OC(=Cc1cc(C)n(-c2ccncc2)c1C)C(=O)Oc1ccccc1. The van der Waals surface area contributed by atoms with Crippen molar-refractivity contribution in [3.8, 4) is 11.4 Å². The van der Waals surface area contributed by atoms with Crippen LogP contribution in [0.1, 0.15) is 23.9 Å². The number of carbonyl (C=O) groups excluding carboxylic acids is 2. The Kier molecular flexibility index (Phi) is 5.69. The number of hydrogen-bond acceptors (Lipinski definition) is 5. The van der Waals surface area contributed by atoms with E-state index in [9.17, 15) is 9.59 Å². The van der Waals surface area contributed by atoms with Crippen molar-refractivity contribution in [2.75, 3.05) is 0 Å². The topological polar surface area (TPSA) is 70.4 Å². The highest BCUT2D eigenvalue weighted by Crippen LogP contribution is 2.23. The van der Waals surface area contributed by atoms with Gasteiger partial charge in [0.15, 0.2) is 0 Å². The predicted octanol–water partition coefficient (Wildman–Crippen LogP) is 4.00. The maximum absolute atomic E-state index is 12.5. The average Bonchev–Trinajstić information content (AvgIpc) is 2.95. The molecule has 0 spiro atoms. The summed E-state index contributed by atoms with van der Waals surface area (Å²) < 4.78 is 12.5. The summed E-state index contributed by atoms with van der Waals surface area (Å²) in [6.45, 7) is 5.12. The Morgan fingerprint density at radius 2 is 1.71 bits per heavy atom. The Morgan fingerprint density at radius 1 is 1.04 bits per heavy atom. The van der Waals surface area contributed by atoms with Gasteiger partial charge < -0.3 is 14.0 Å². The third-order valence-electron chi connectivity index (χ3n) is 4.09. The van der Waals surface area contributed by atoms with Gasteiger partial charge in [-0.1, -0.05) is 18.2 Å². The molecule has 0 aliphatic carbocycles. The van der Waals surface area contributed by atoms with Gasteiger partial charge in [0, 0.05) is 36.4 Å². The van der Waals surface area contributed by atoms with Crippen molar-refractivity contribution in [2.45, 2.75) is 20.8 Å². The normalized spacial score (nSPS) is 11.2. The van der Waals surface area contributed by atoms with Crippen LogP contribution in [0.3, 0.4) is 0 Å². The molecule has 0 aliphatic rings. The minimum atomic E-state index is -0.741. The molecule has 0 bridgehead atoms. The molecule has 0 saturated carbocycles. The van der Waals surface area contributed by atoms with Crippen molar-refractivity contribution >= 4 is 18.0 Å². The molecule has 3 rings (SSSR count). The van der Waals surface area contributed by atoms with Crippen LogP contribution in [0.15, 0.2) is 66.7 Å². The zero-order valence-corrected chi connectivity index (χ0v) is 15.9. The Hall–Kier alpha value is -3.67. The Labute approximate surface area is 163 Å². The summed E-state index contributed by atoms with van der Waals surface area (Å²) in [7, 11) is 0. The van der Waals surface area contributed by atoms with Gasteiger partial charge in [0.2, 0.25) is 5.76 Å². The van der Waals surface area contributed by atoms with Crippen LogP contribution in [-0.2, 0) is 14.3 Å². The van der Waals surface area contributed by atoms with Gasteiger partial charge in [-0.3, -0.25) is 9.78 Å². The van der Waals surface area contributed by atoms with Gasteiger partial charge in [0.05, 0.1) is 0 Å². The number of rotatable bonds is 5. The summed E-state index contributed by atoms with van der Waals surface area (Å²) in [4.78, 5) is 28.1. The summed E-state index contributed by atoms with van der Waals surface area (Å²) >= 11 is 0. The molecule has 0 saturated heterocycles. The van der Waals surface area contributed by atoms with E-state index >= 15 is 0 Å². The second-order valence-corrected chi connectivity index (χ2v) is 6.17. The first-order chi connectivity index (χ1) is 13.5. The van der Waals surface area contributed by atoms with Crippen molar-refractivity contribution in [1.29, 1.82) is 0 Å². The predicted molar refractivity (Wildman–Crippen MR) is 105 cm³/mol. The van der Waals surface area contributed by atoms with Crippen LogP contribution in [-0.4, -0.2) is 21.5 Å². The van der Waals surface area contributed by atoms with E-state index in [2.05, 4.69) is 4.98 Å². The highest BCUT2D eigenvalue weighted by molar-refractivity contribution is 5.95. The molecule has 6 heteroatoms. The zero-order chi connectivity index (χ0) is 20.1. The summed E-state index contributed by atoms with van der Waals surface area (Å²) in [6.07, 6.45) is 4.95. The quantitative estimate of drug-likeness (QED) is 0.291. The van der Waals surface area contributed by atoms with Crippen molar-refractivity contribution < 1.29 is 19.1 Å². The Balaban J connectivity index is 1.97. The van der Waals surface area contributed by atoms with E-state index in [1.54, 1.807) is 36.7 Å². The van der Waals surface area contributed by atoms with Crippen LogP contribution in [0.4, 0.5) is 0 Å². The number of aryl methyl sites for hydroxylation is 1. The van der Waals surface area contributed by atoms with Gasteiger partial charge in [-0.2, -0.15) is 0 Å². The van der Waals surface area contributed by atoms with Crippen LogP contribution in [0.5, 0.6) is 5.75 Å². The third-order valence-corrected chi connectivity index (χ3v) is 4.09. The molecule has 28 heavy (non-hydrogen) atoms. The standard InChI is InChI=1S/C22H20N2O4/c1-15-13-18(16(2)24(15)19-9-11-23-12-10-19)14-21(27-17(3)25)22(26)28-20-7-5-4-6-8-20/h4-14H,1-3H3. The molecule has 0 radical (unpaired) electrons. The van der Waals surface area contributed by atoms with Gasteiger partial charge in [-0.05, 0) is 55.8 Å². The van der Waals surface area contributed by atoms with Crippen molar-refractivity contribution in [3.63, 3.8) is 0 Å². The van der Waals surface area contributed by atoms with E-state index < -0.39 is 11.9 Å². The molecule has 1 aromatic carbocycles. The first-order valence-electron chi connectivity index (χ1n) is 8.72. The largest absolute Gasteiger partial charge is 0.421 e. The summed E-state index contributed by atoms with van der Waals surface area (Å²) in [5.74, 6) is -1.14. The second-order valence-electron chi connectivity index (χ2n) is 6.17. The molecule has 6 nitrogen and oxygen atoms in total. The number of ether oxygens (including phenoxy) is 2. The highest BCUT2D eigenvalue weighted by Gasteiger charge is 2.18. The van der Waals surface area contributed by atoms with Crippen LogP contribution in [0.2, 0.25) is 0 Å². The lowest BCUT2D eigenvalue weighted by Crippen LogP contribution is -2.15. The summed E-state index contributed by atoms with van der Waals surface area (Å²) in [5, 5.41) is 0. The summed E-state index contributed by atoms with van der Waals surface area (Å²) in [5.41, 5.74) is 3.55. The maximum Gasteiger partial charge on any atom is 0.379 e. The van der Waals surface area contributed by atoms with Gasteiger partial charge >= 0.3 is 11.9 Å². The van der Waals surface area contributed by atoms with Gasteiger partial charge in [-0.15, -0.1) is 0 Å². The molecule has 142 valence electrons. The van der Waals surface area contributed by atoms with Crippen molar-refractivity contribution in [1.82, 2.24) is 9.55 Å². The molecule has 2 heterocycles. The lowest BCUT2D eigenvalue weighted by atomic mass is 10.2. The van der Waals surface area contributed by atoms with E-state index in [1.165, 1.54) is 13.0 Å². The number of benzene rings is 1. The molecule has 2 aromatic heterocycles. The van der Waals surface area contributed by atoms with Crippen molar-refractivity contribution in [3.05, 3.63) is 83.6 Å². The van der Waals surface area contributed by atoms with E-state index in [1.807, 2.05) is 42.7 Å². The first kappa shape index (κ1) is 19.1. The smallest absolute Gasteiger partial charge is 0.379 e. The van der Waals surface area contributed by atoms with Crippen LogP contribution in [0.25, 0.3) is 11.8 Å². The molecule has 3 aromatic rings. The number of nitrogens with zero attached hydrogens (tertiary/aromatic N) is 2. The average molecular weight is 376 g/mol. The molecule has 0 fully saturated rings. The molecule has 0 unspecified atom stereocenters. The Bertz CT molecular complexity index is 1020. The van der Waals surface area contributed by atoms with E-state index in [0.29, 0.717) is 5.75 Å². The molecular formula is C22H20N2O4. The monoisotopic (exact) mass is 376 g/mol. The number of para-hydroxylation sites is 1. The number of aromatic nitrogens is 2. The summed E-state index contributed by atoms with van der Waals surface area (Å²) in [6, 6.07) is 14.3. The van der Waals surface area contributed by atoms with Gasteiger partial charge in [0.1, 0.15) is 5.75 Å². The van der Waals surface area contributed by atoms with Gasteiger partial charge in [0.25, 0.3) is 0 Å². The number of pyridine rings is 1. The lowest BCUT2D eigenvalue weighted by molar-refractivity contribution is -0.145. The van der Waals surface area contributed by atoms with Crippen LogP contribution in [0, 0.1) is 13.8 Å². The second kappa shape index (κ2) is 8.35. The number of esters is 2. The zero-order valence-electron chi connectivity index (χ0n) is 15.9. The van der Waals surface area contributed by atoms with Crippen molar-refractivity contribution in [2.24, 2.45) is 0 Å². The molecule has 0 N–H and O–H groups in total. The minimum Gasteiger partial charge on any atom is -0.421 e. The highest BCUT2D eigenvalue weighted by atomic mass is 16.6. The van der Waals surface area contributed by atoms with Crippen LogP contribution >= 0.6 is 0 Å². The Morgan fingerprint density at radius 3 is 2.36 bits per heavy atom. The molecular weight excluding hydrogens is 356 g/mol. The maximum atomic E-state index is 12.5. The van der Waals surface area contributed by atoms with E-state index in [0.717, 1.165) is 22.6 Å². The lowest BCUT2D eigenvalue weighted by Gasteiger charge is -2.10. The molecule has 0 amide bonds. The fourth-order valence-electron chi connectivity index (χ4n) is 2.90. The fraction of sp³-hybridized carbons (Fsp3) is 0.136. The first-order valence-corrected chi connectivity index (χ1v) is 8.72. The minimum absolute atomic E-state index is 0.175. The molecule has 0 atom stereocenters. The fourth-order valence-corrected chi connectivity index (χ4v) is 2.90. The number of hydrogen-bond donors (Lipinski definition) is 0. The number of carbonyl (C=O) groups is 2.